The first-order chi connectivity index (χ1) is 22.8. The lowest BCUT2D eigenvalue weighted by Crippen LogP contribution is -2.67. The third-order valence-corrected chi connectivity index (χ3v) is 8.70. The summed E-state index contributed by atoms with van der Waals surface area (Å²) in [5.41, 5.74) is 0. The maximum absolute atomic E-state index is 11.2. The fourth-order valence-electron chi connectivity index (χ4n) is 5.95. The third-order valence-electron chi connectivity index (χ3n) is 8.70. The molecule has 0 saturated carbocycles. The highest BCUT2D eigenvalue weighted by molar-refractivity contribution is 4.98. The summed E-state index contributed by atoms with van der Waals surface area (Å²) < 4.78 is 43.8. The van der Waals surface area contributed by atoms with Crippen LogP contribution in [0.3, 0.4) is 0 Å². The van der Waals surface area contributed by atoms with Gasteiger partial charge in [0.05, 0.1) is 26.4 Å². The van der Waals surface area contributed by atoms with Gasteiger partial charge in [-0.3, -0.25) is 0 Å². The number of aliphatic hydroxyl groups is 13. The van der Waals surface area contributed by atoms with Crippen molar-refractivity contribution in [1.82, 2.24) is 0 Å². The van der Waals surface area contributed by atoms with Crippen molar-refractivity contribution in [3.63, 3.8) is 0 Å². The molecule has 0 amide bonds. The van der Waals surface area contributed by atoms with E-state index in [0.29, 0.717) is 6.42 Å². The molecule has 0 aromatic rings. The molecule has 4 aliphatic heterocycles. The van der Waals surface area contributed by atoms with Crippen LogP contribution in [0.2, 0.25) is 0 Å². The first kappa shape index (κ1) is 39.9. The molecule has 4 saturated heterocycles. The molecule has 20 atom stereocenters. The van der Waals surface area contributed by atoms with Gasteiger partial charge in [0, 0.05) is 6.61 Å². The SMILES string of the molecule is CCCO[C@@H]1C(O)[C@@H](O[C@@H]2C(O)[C@@H](O[C@@H]3C(O)[C@@H](OC4[C@H](O)OC(CO)[C@@H](O)[C@@H]4O)OC(CO)[C@H]3O)OC(CO)[C@H]2O)OC(CO)[C@H]1O. The molecule has 21 heteroatoms. The standard InChI is InChI=1S/C27H48O21/c1-2-3-41-20-13(33)9(5-29)43-25(17(20)37)46-21-14(34)10(6-30)44-26(18(21)38)47-22-15(35)11(7-31)45-27(19(22)39)48-23-16(36)12(32)8(4-28)42-24(23)40/h8-40H,2-7H2,1H3/t8?,9?,10?,11?,12-,13-,14-,15-,16+,17?,18?,19?,20+,21+,22+,23?,24-,25-,26-,27-/m1/s1. The zero-order valence-electron chi connectivity index (χ0n) is 25.9. The smallest absolute Gasteiger partial charge is 0.187 e. The normalized spacial score (nSPS) is 50.4. The van der Waals surface area contributed by atoms with Gasteiger partial charge in [-0.15, -0.1) is 0 Å². The summed E-state index contributed by atoms with van der Waals surface area (Å²) in [5.74, 6) is 0. The van der Waals surface area contributed by atoms with Gasteiger partial charge in [0.25, 0.3) is 0 Å². The van der Waals surface area contributed by atoms with Crippen LogP contribution in [0.4, 0.5) is 0 Å². The Labute approximate surface area is 273 Å². The molecule has 48 heavy (non-hydrogen) atoms. The van der Waals surface area contributed by atoms with E-state index in [1.165, 1.54) is 0 Å². The van der Waals surface area contributed by atoms with Crippen LogP contribution in [0, 0.1) is 0 Å². The first-order valence-electron chi connectivity index (χ1n) is 15.6. The summed E-state index contributed by atoms with van der Waals surface area (Å²) in [4.78, 5) is 0. The molecule has 4 heterocycles. The van der Waals surface area contributed by atoms with Crippen LogP contribution >= 0.6 is 0 Å². The molecule has 0 aromatic heterocycles. The van der Waals surface area contributed by atoms with Crippen molar-refractivity contribution in [2.24, 2.45) is 0 Å². The average Bonchev–Trinajstić information content (AvgIpc) is 3.07. The lowest BCUT2D eigenvalue weighted by molar-refractivity contribution is -0.392. The van der Waals surface area contributed by atoms with Crippen LogP contribution in [0.25, 0.3) is 0 Å². The lowest BCUT2D eigenvalue weighted by atomic mass is 9.95. The second kappa shape index (κ2) is 17.6. The van der Waals surface area contributed by atoms with Crippen molar-refractivity contribution in [2.75, 3.05) is 33.0 Å². The summed E-state index contributed by atoms with van der Waals surface area (Å²) in [7, 11) is 0. The van der Waals surface area contributed by atoms with E-state index in [-0.39, 0.29) is 6.61 Å². The van der Waals surface area contributed by atoms with Crippen molar-refractivity contribution in [3.05, 3.63) is 0 Å². The third kappa shape index (κ3) is 8.28. The fourth-order valence-corrected chi connectivity index (χ4v) is 5.95. The van der Waals surface area contributed by atoms with Crippen molar-refractivity contribution in [1.29, 1.82) is 0 Å². The minimum atomic E-state index is -2.03. The van der Waals surface area contributed by atoms with Gasteiger partial charge in [-0.1, -0.05) is 6.92 Å². The monoisotopic (exact) mass is 708 g/mol. The Morgan fingerprint density at radius 3 is 1.17 bits per heavy atom. The quantitative estimate of drug-likeness (QED) is 0.0844. The molecule has 8 unspecified atom stereocenters. The molecule has 0 spiro atoms. The second-order valence-electron chi connectivity index (χ2n) is 12.0. The largest absolute Gasteiger partial charge is 0.394 e. The van der Waals surface area contributed by atoms with Gasteiger partial charge >= 0.3 is 0 Å². The zero-order chi connectivity index (χ0) is 35.4. The highest BCUT2D eigenvalue weighted by Crippen LogP contribution is 2.34. The molecule has 4 aliphatic rings. The maximum atomic E-state index is 11.2. The molecule has 0 aliphatic carbocycles. The van der Waals surface area contributed by atoms with Crippen LogP contribution < -0.4 is 0 Å². The van der Waals surface area contributed by atoms with E-state index in [0.717, 1.165) is 0 Å². The van der Waals surface area contributed by atoms with E-state index >= 15 is 0 Å². The predicted octanol–water partition coefficient (Wildman–Crippen LogP) is -8.31. The van der Waals surface area contributed by atoms with Gasteiger partial charge in [-0.05, 0) is 6.42 Å². The summed E-state index contributed by atoms with van der Waals surface area (Å²) in [6.45, 7) is -1.36. The van der Waals surface area contributed by atoms with Gasteiger partial charge in [0.15, 0.2) is 25.2 Å². The highest BCUT2D eigenvalue weighted by atomic mass is 16.8. The van der Waals surface area contributed by atoms with E-state index in [1.54, 1.807) is 6.92 Å². The van der Waals surface area contributed by atoms with Crippen LogP contribution in [0.15, 0.2) is 0 Å². The zero-order valence-corrected chi connectivity index (χ0v) is 25.9. The molecular weight excluding hydrogens is 660 g/mol. The summed E-state index contributed by atoms with van der Waals surface area (Å²) >= 11 is 0. The summed E-state index contributed by atoms with van der Waals surface area (Å²) in [6.07, 6.45) is -33.9. The molecule has 4 fully saturated rings. The fraction of sp³-hybridized carbons (Fsp3) is 1.00. The molecule has 282 valence electrons. The maximum Gasteiger partial charge on any atom is 0.187 e. The number of hydrogen-bond acceptors (Lipinski definition) is 21. The van der Waals surface area contributed by atoms with Crippen molar-refractivity contribution in [2.45, 2.75) is 136 Å². The molecule has 4 rings (SSSR count). The van der Waals surface area contributed by atoms with Crippen molar-refractivity contribution in [3.8, 4) is 0 Å². The Kier molecular flexibility index (Phi) is 14.6. The topological polar surface area (TPSA) is 337 Å². The first-order valence-corrected chi connectivity index (χ1v) is 15.6. The lowest BCUT2D eigenvalue weighted by Gasteiger charge is -2.49. The Morgan fingerprint density at radius 1 is 0.417 bits per heavy atom. The van der Waals surface area contributed by atoms with Gasteiger partial charge in [0.2, 0.25) is 0 Å². The van der Waals surface area contributed by atoms with Crippen LogP contribution in [0.1, 0.15) is 13.3 Å². The minimum absolute atomic E-state index is 0.111. The number of rotatable bonds is 13. The Bertz CT molecular complexity index is 966. The molecule has 0 aromatic carbocycles. The number of ether oxygens (including phenoxy) is 8. The molecule has 0 bridgehead atoms. The van der Waals surface area contributed by atoms with Crippen molar-refractivity contribution >= 4 is 0 Å². The summed E-state index contributed by atoms with van der Waals surface area (Å²) in [5, 5.41) is 135. The predicted molar refractivity (Wildman–Crippen MR) is 148 cm³/mol. The van der Waals surface area contributed by atoms with Crippen LogP contribution in [-0.4, -0.2) is 222 Å². The van der Waals surface area contributed by atoms with Gasteiger partial charge in [-0.2, -0.15) is 0 Å². The summed E-state index contributed by atoms with van der Waals surface area (Å²) in [6, 6.07) is 0. The molecule has 0 radical (unpaired) electrons. The van der Waals surface area contributed by atoms with Gasteiger partial charge in [-0.25, -0.2) is 0 Å². The van der Waals surface area contributed by atoms with Gasteiger partial charge < -0.3 is 104 Å². The van der Waals surface area contributed by atoms with E-state index in [1.807, 2.05) is 0 Å². The second-order valence-corrected chi connectivity index (χ2v) is 12.0. The molecule has 13 N–H and O–H groups in total. The Balaban J connectivity index is 1.52. The Hall–Kier alpha value is -0.840. The van der Waals surface area contributed by atoms with Crippen LogP contribution in [0.5, 0.6) is 0 Å². The van der Waals surface area contributed by atoms with E-state index in [2.05, 4.69) is 0 Å². The number of hydrogen-bond donors (Lipinski definition) is 13. The van der Waals surface area contributed by atoms with Crippen LogP contribution in [-0.2, 0) is 37.9 Å². The minimum Gasteiger partial charge on any atom is -0.394 e. The van der Waals surface area contributed by atoms with Gasteiger partial charge in [0.1, 0.15) is 97.7 Å². The van der Waals surface area contributed by atoms with E-state index in [9.17, 15) is 66.4 Å². The average molecular weight is 709 g/mol. The van der Waals surface area contributed by atoms with Crippen molar-refractivity contribution < 1.29 is 104 Å². The molecular formula is C27H48O21. The number of aliphatic hydroxyl groups excluding tert-OH is 13. The molecule has 21 nitrogen and oxygen atoms in total. The highest BCUT2D eigenvalue weighted by Gasteiger charge is 2.55. The van der Waals surface area contributed by atoms with E-state index < -0.39 is 149 Å². The Morgan fingerprint density at radius 2 is 0.771 bits per heavy atom. The van der Waals surface area contributed by atoms with E-state index in [4.69, 9.17) is 37.9 Å².